The van der Waals surface area contributed by atoms with Gasteiger partial charge in [0, 0.05) is 5.02 Å². The number of phenols is 1. The maximum atomic E-state index is 11.8. The van der Waals surface area contributed by atoms with Crippen LogP contribution in [0.25, 0.3) is 0 Å². The predicted molar refractivity (Wildman–Crippen MR) is 112 cm³/mol. The van der Waals surface area contributed by atoms with Gasteiger partial charge in [-0.05, 0) is 81.3 Å². The first-order chi connectivity index (χ1) is 12.4. The van der Waals surface area contributed by atoms with Gasteiger partial charge < -0.3 is 14.6 Å². The van der Waals surface area contributed by atoms with Crippen LogP contribution >= 0.6 is 50.1 Å². The second-order valence-corrected chi connectivity index (χ2v) is 7.39. The van der Waals surface area contributed by atoms with E-state index in [1.165, 1.54) is 6.21 Å². The summed E-state index contributed by atoms with van der Waals surface area (Å²) in [5.74, 6) is 0.531. The van der Waals surface area contributed by atoms with Crippen LogP contribution in [0.3, 0.4) is 0 Å². The highest BCUT2D eigenvalue weighted by Gasteiger charge is 2.09. The molecule has 0 aliphatic heterocycles. The van der Waals surface area contributed by atoms with Gasteiger partial charge in [0.05, 0.1) is 20.9 Å². The molecule has 0 radical (unpaired) electrons. The fourth-order valence-corrected chi connectivity index (χ4v) is 3.30. The number of hydrogen-bond acceptors (Lipinski definition) is 5. The maximum absolute atomic E-state index is 11.8. The molecule has 0 unspecified atom stereocenters. The number of benzene rings is 2. The zero-order valence-electron chi connectivity index (χ0n) is 13.6. The lowest BCUT2D eigenvalue weighted by Gasteiger charge is -2.08. The van der Waals surface area contributed by atoms with Crippen LogP contribution in [0.2, 0.25) is 5.02 Å². The highest BCUT2D eigenvalue weighted by Crippen LogP contribution is 2.32. The third-order valence-electron chi connectivity index (χ3n) is 3.01. The number of nitrogens with zero attached hydrogens (tertiary/aromatic N) is 1. The lowest BCUT2D eigenvalue weighted by molar-refractivity contribution is -0.123. The number of nitrogens with one attached hydrogen (secondary N) is 1. The molecule has 2 aromatic carbocycles. The van der Waals surface area contributed by atoms with Gasteiger partial charge in [0.1, 0.15) is 5.75 Å². The molecule has 0 heterocycles. The van der Waals surface area contributed by atoms with Crippen LogP contribution in [0.1, 0.15) is 12.5 Å². The molecule has 0 bridgehead atoms. The minimum Gasteiger partial charge on any atom is -0.504 e. The molecular weight excluding hydrogens is 538 g/mol. The van der Waals surface area contributed by atoms with E-state index >= 15 is 0 Å². The smallest absolute Gasteiger partial charge is 0.277 e. The first kappa shape index (κ1) is 20.8. The first-order valence-corrected chi connectivity index (χ1v) is 9.70. The number of carbonyl (C=O) groups excluding carboxylic acids is 1. The minimum absolute atomic E-state index is 0.0792. The monoisotopic (exact) mass is 552 g/mol. The van der Waals surface area contributed by atoms with E-state index in [-0.39, 0.29) is 12.4 Å². The molecule has 0 aliphatic rings. The molecule has 0 fully saturated rings. The summed E-state index contributed by atoms with van der Waals surface area (Å²) >= 11 is 11.2. The summed E-state index contributed by atoms with van der Waals surface area (Å²) in [6.07, 6.45) is 1.46. The third-order valence-corrected chi connectivity index (χ3v) is 4.68. The van der Waals surface area contributed by atoms with E-state index in [2.05, 4.69) is 26.5 Å². The van der Waals surface area contributed by atoms with E-state index in [0.717, 1.165) is 0 Å². The van der Waals surface area contributed by atoms with Crippen LogP contribution in [0.5, 0.6) is 17.2 Å². The van der Waals surface area contributed by atoms with Gasteiger partial charge in [0.15, 0.2) is 18.1 Å². The number of hydrazone groups is 1. The number of halogens is 3. The first-order valence-electron chi connectivity index (χ1n) is 7.45. The van der Waals surface area contributed by atoms with Crippen molar-refractivity contribution in [3.63, 3.8) is 0 Å². The predicted octanol–water partition coefficient (Wildman–Crippen LogP) is 4.34. The number of hydrogen-bond donors (Lipinski definition) is 2. The van der Waals surface area contributed by atoms with Crippen molar-refractivity contribution in [2.45, 2.75) is 6.92 Å². The quantitative estimate of drug-likeness (QED) is 0.304. The Morgan fingerprint density at radius 1 is 1.35 bits per heavy atom. The Balaban J connectivity index is 1.92. The van der Waals surface area contributed by atoms with Gasteiger partial charge in [-0.1, -0.05) is 11.6 Å². The molecule has 2 rings (SSSR count). The van der Waals surface area contributed by atoms with Crippen molar-refractivity contribution in [2.75, 3.05) is 13.2 Å². The molecular formula is C17H15BrClIN2O4. The molecule has 26 heavy (non-hydrogen) atoms. The number of carbonyl (C=O) groups is 1. The molecule has 2 N–H and O–H groups in total. The van der Waals surface area contributed by atoms with Crippen LogP contribution in [0, 0.1) is 3.57 Å². The number of amides is 1. The summed E-state index contributed by atoms with van der Waals surface area (Å²) in [5, 5.41) is 14.4. The van der Waals surface area contributed by atoms with Crippen molar-refractivity contribution in [1.82, 2.24) is 5.43 Å². The Morgan fingerprint density at radius 3 is 2.81 bits per heavy atom. The molecule has 9 heteroatoms. The number of ether oxygens (including phenoxy) is 2. The standard InChI is InChI=1S/C17H15BrClIN2O4/c1-2-25-15-6-10(5-13(20)17(15)24)8-21-22-16(23)9-26-14-4-3-11(19)7-12(14)18/h3-8,24H,2,9H2,1H3,(H,22,23)/b21-8-. The van der Waals surface area contributed by atoms with Crippen molar-refractivity contribution in [2.24, 2.45) is 5.10 Å². The van der Waals surface area contributed by atoms with Crippen molar-refractivity contribution < 1.29 is 19.4 Å². The lowest BCUT2D eigenvalue weighted by atomic mass is 10.2. The molecule has 2 aromatic rings. The minimum atomic E-state index is -0.415. The van der Waals surface area contributed by atoms with Gasteiger partial charge in [-0.25, -0.2) is 5.43 Å². The molecule has 0 atom stereocenters. The summed E-state index contributed by atoms with van der Waals surface area (Å²) < 4.78 is 12.0. The third kappa shape index (κ3) is 6.03. The Hall–Kier alpha value is -1.52. The van der Waals surface area contributed by atoms with E-state index in [9.17, 15) is 9.90 Å². The zero-order chi connectivity index (χ0) is 19.1. The molecule has 0 aromatic heterocycles. The van der Waals surface area contributed by atoms with E-state index in [4.69, 9.17) is 21.1 Å². The summed E-state index contributed by atoms with van der Waals surface area (Å²) in [7, 11) is 0. The van der Waals surface area contributed by atoms with Crippen molar-refractivity contribution in [3.05, 3.63) is 49.0 Å². The molecule has 6 nitrogen and oxygen atoms in total. The normalized spacial score (nSPS) is 10.8. The molecule has 0 saturated carbocycles. The second-order valence-electron chi connectivity index (χ2n) is 4.94. The number of phenolic OH excluding ortho intramolecular Hbond substituents is 1. The fourth-order valence-electron chi connectivity index (χ4n) is 1.88. The molecule has 138 valence electrons. The zero-order valence-corrected chi connectivity index (χ0v) is 18.1. The Kier molecular flexibility index (Phi) is 7.98. The maximum Gasteiger partial charge on any atom is 0.277 e. The summed E-state index contributed by atoms with van der Waals surface area (Å²) in [6.45, 7) is 2.06. The Morgan fingerprint density at radius 2 is 2.12 bits per heavy atom. The summed E-state index contributed by atoms with van der Waals surface area (Å²) in [4.78, 5) is 11.8. The highest BCUT2D eigenvalue weighted by molar-refractivity contribution is 14.1. The Labute approximate surface area is 177 Å². The molecule has 0 aliphatic carbocycles. The SMILES string of the molecule is CCOc1cc(/C=N\NC(=O)COc2ccc(Cl)cc2Br)cc(I)c1O. The second kappa shape index (κ2) is 9.98. The van der Waals surface area contributed by atoms with E-state index < -0.39 is 5.91 Å². The molecule has 0 saturated heterocycles. The molecule has 1 amide bonds. The van der Waals surface area contributed by atoms with Gasteiger partial charge in [0.25, 0.3) is 5.91 Å². The largest absolute Gasteiger partial charge is 0.504 e. The summed E-state index contributed by atoms with van der Waals surface area (Å²) in [5.41, 5.74) is 3.05. The van der Waals surface area contributed by atoms with Crippen molar-refractivity contribution >= 4 is 62.2 Å². The van der Waals surface area contributed by atoms with Crippen LogP contribution in [-0.4, -0.2) is 30.4 Å². The summed E-state index contributed by atoms with van der Waals surface area (Å²) in [6, 6.07) is 8.36. The van der Waals surface area contributed by atoms with Gasteiger partial charge in [-0.15, -0.1) is 0 Å². The van der Waals surface area contributed by atoms with Gasteiger partial charge in [-0.3, -0.25) is 4.79 Å². The van der Waals surface area contributed by atoms with Gasteiger partial charge in [-0.2, -0.15) is 5.10 Å². The van der Waals surface area contributed by atoms with E-state index in [0.29, 0.717) is 36.7 Å². The van der Waals surface area contributed by atoms with Crippen LogP contribution in [0.15, 0.2) is 39.9 Å². The van der Waals surface area contributed by atoms with E-state index in [1.807, 2.05) is 29.5 Å². The lowest BCUT2D eigenvalue weighted by Crippen LogP contribution is -2.24. The van der Waals surface area contributed by atoms with Gasteiger partial charge >= 0.3 is 0 Å². The van der Waals surface area contributed by atoms with Crippen LogP contribution < -0.4 is 14.9 Å². The average molecular weight is 554 g/mol. The van der Waals surface area contributed by atoms with E-state index in [1.54, 1.807) is 30.3 Å². The van der Waals surface area contributed by atoms with Crippen molar-refractivity contribution in [1.29, 1.82) is 0 Å². The highest BCUT2D eigenvalue weighted by atomic mass is 127. The number of aromatic hydroxyl groups is 1. The Bertz CT molecular complexity index is 833. The number of rotatable bonds is 7. The van der Waals surface area contributed by atoms with Gasteiger partial charge in [0.2, 0.25) is 0 Å². The van der Waals surface area contributed by atoms with Crippen LogP contribution in [0.4, 0.5) is 0 Å². The average Bonchev–Trinajstić information content (AvgIpc) is 2.58. The van der Waals surface area contributed by atoms with Crippen molar-refractivity contribution in [3.8, 4) is 17.2 Å². The van der Waals surface area contributed by atoms with Crippen LogP contribution in [-0.2, 0) is 4.79 Å². The molecule has 0 spiro atoms. The fraction of sp³-hybridized carbons (Fsp3) is 0.176. The topological polar surface area (TPSA) is 80.2 Å².